The summed E-state index contributed by atoms with van der Waals surface area (Å²) >= 11 is 0. The fraction of sp³-hybridized carbons (Fsp3) is 0.778. The van der Waals surface area contributed by atoms with Crippen LogP contribution in [0.4, 0.5) is 0 Å². The molecule has 3 N–H and O–H groups in total. The van der Waals surface area contributed by atoms with Crippen molar-refractivity contribution in [1.29, 1.82) is 0 Å². The summed E-state index contributed by atoms with van der Waals surface area (Å²) in [5, 5.41) is 30.7. The molecule has 3 nitrogen and oxygen atoms in total. The van der Waals surface area contributed by atoms with E-state index in [0.29, 0.717) is 41.7 Å². The van der Waals surface area contributed by atoms with Crippen LogP contribution < -0.4 is 0 Å². The van der Waals surface area contributed by atoms with Gasteiger partial charge in [0, 0.05) is 2.74 Å². The Hall–Kier alpha value is -0.900. The molecule has 0 aromatic heterocycles. The number of aliphatic hydroxyl groups is 3. The van der Waals surface area contributed by atoms with Crippen LogP contribution in [-0.4, -0.2) is 33.1 Å². The molecule has 3 heteroatoms. The van der Waals surface area contributed by atoms with Crippen molar-refractivity contribution in [2.45, 2.75) is 110 Å². The topological polar surface area (TPSA) is 60.7 Å². The Morgan fingerprint density at radius 1 is 1.27 bits per heavy atom. The summed E-state index contributed by atoms with van der Waals surface area (Å²) in [6, 6.07) is 0. The lowest BCUT2D eigenvalue weighted by molar-refractivity contribution is -0.0554. The van der Waals surface area contributed by atoms with Crippen molar-refractivity contribution in [3.05, 3.63) is 35.5 Å². The summed E-state index contributed by atoms with van der Waals surface area (Å²) in [6.07, 6.45) is 6.42. The van der Waals surface area contributed by atoms with E-state index in [2.05, 4.69) is 26.5 Å². The van der Waals surface area contributed by atoms with Crippen LogP contribution in [0.1, 0.15) is 96.0 Å². The first-order valence-corrected chi connectivity index (χ1v) is 11.8. The third-order valence-corrected chi connectivity index (χ3v) is 8.22. The molecule has 3 saturated carbocycles. The molecule has 0 radical (unpaired) electrons. The van der Waals surface area contributed by atoms with Gasteiger partial charge >= 0.3 is 0 Å². The number of hydrogen-bond acceptors (Lipinski definition) is 3. The van der Waals surface area contributed by atoms with Gasteiger partial charge in [0.05, 0.1) is 19.2 Å². The van der Waals surface area contributed by atoms with Crippen molar-refractivity contribution in [2.24, 2.45) is 23.2 Å². The van der Waals surface area contributed by atoms with Crippen LogP contribution in [0, 0.1) is 23.2 Å². The summed E-state index contributed by atoms with van der Waals surface area (Å²) in [7, 11) is 0. The minimum atomic E-state index is -2.13. The monoisotopic (exact) mass is 419 g/mol. The van der Waals surface area contributed by atoms with Gasteiger partial charge in [0.15, 0.2) is 0 Å². The molecule has 0 saturated heterocycles. The average molecular weight is 420 g/mol. The molecule has 3 rings (SSSR count). The lowest BCUT2D eigenvalue weighted by atomic mass is 9.60. The number of hydrogen-bond donors (Lipinski definition) is 3. The van der Waals surface area contributed by atoms with E-state index in [4.69, 9.17) is 4.11 Å². The van der Waals surface area contributed by atoms with Gasteiger partial charge in [-0.2, -0.15) is 0 Å². The predicted octanol–water partition coefficient (Wildman–Crippen LogP) is 5.70. The van der Waals surface area contributed by atoms with E-state index in [1.807, 2.05) is 0 Å². The Morgan fingerprint density at radius 2 is 2.00 bits per heavy atom. The molecule has 30 heavy (non-hydrogen) atoms. The van der Waals surface area contributed by atoms with Gasteiger partial charge in [-0.05, 0) is 107 Å². The predicted molar refractivity (Wildman–Crippen MR) is 124 cm³/mol. The average Bonchev–Trinajstić information content (AvgIpc) is 3.06. The minimum Gasteiger partial charge on any atom is -0.393 e. The molecule has 170 valence electrons. The quantitative estimate of drug-likeness (QED) is 0.517. The molecular weight excluding hydrogens is 372 g/mol. The third-order valence-electron chi connectivity index (χ3n) is 8.22. The first-order valence-electron chi connectivity index (χ1n) is 13.3. The van der Waals surface area contributed by atoms with Crippen LogP contribution in [0.5, 0.6) is 0 Å². The van der Waals surface area contributed by atoms with Crippen LogP contribution in [0.2, 0.25) is 0 Å². The molecule has 3 aliphatic carbocycles. The zero-order chi connectivity index (χ0) is 24.8. The first-order chi connectivity index (χ1) is 15.1. The molecule has 0 aromatic carbocycles. The van der Waals surface area contributed by atoms with E-state index in [1.165, 1.54) is 12.0 Å². The SMILES string of the molecule is [2H]C1([2H])/C(=C/C=C2\CCC[C@]3(C)[C@@H]([C@H](C)CC[C@@H](O)C(C)(C)O)CC[C@@H]23)C(=C)CC[C@]1([2H])O. The van der Waals surface area contributed by atoms with Crippen molar-refractivity contribution in [1.82, 2.24) is 0 Å². The lowest BCUT2D eigenvalue weighted by Gasteiger charge is -2.44. The lowest BCUT2D eigenvalue weighted by Crippen LogP contribution is -2.38. The first kappa shape index (κ1) is 19.8. The van der Waals surface area contributed by atoms with Crippen LogP contribution in [0.15, 0.2) is 35.5 Å². The highest BCUT2D eigenvalue weighted by Crippen LogP contribution is 2.60. The van der Waals surface area contributed by atoms with E-state index in [1.54, 1.807) is 19.9 Å². The van der Waals surface area contributed by atoms with Crippen molar-refractivity contribution in [2.75, 3.05) is 0 Å². The zero-order valence-electron chi connectivity index (χ0n) is 22.4. The van der Waals surface area contributed by atoms with Gasteiger partial charge in [0.25, 0.3) is 0 Å². The maximum absolute atomic E-state index is 10.3. The molecule has 6 atom stereocenters. The molecule has 0 aromatic rings. The van der Waals surface area contributed by atoms with Crippen LogP contribution in [0.3, 0.4) is 0 Å². The molecule has 0 unspecified atom stereocenters. The third kappa shape index (κ3) is 5.11. The van der Waals surface area contributed by atoms with Crippen LogP contribution in [0.25, 0.3) is 0 Å². The molecule has 0 spiro atoms. The molecule has 0 amide bonds. The number of allylic oxidation sites excluding steroid dienone is 4. The van der Waals surface area contributed by atoms with Gasteiger partial charge in [-0.3, -0.25) is 0 Å². The summed E-state index contributed by atoms with van der Waals surface area (Å²) in [4.78, 5) is 0. The molecule has 3 aliphatic rings. The Labute approximate surface area is 188 Å². The summed E-state index contributed by atoms with van der Waals surface area (Å²) < 4.78 is 24.8. The van der Waals surface area contributed by atoms with E-state index in [9.17, 15) is 15.3 Å². The molecule has 0 bridgehead atoms. The standard InChI is InChI=1S/C27H44O3/c1-18-8-12-22(28)17-21(18)11-10-20-7-6-16-27(5)23(13-14-24(20)27)19(2)9-15-25(29)26(3,4)30/h10-11,19,22-25,28-30H,1,6-9,12-17H2,2-5H3/b20-10+,21-11-/t19-,22+,23-,24+,25-,27-/m1/s1/i17D2,22D. The second-order valence-corrected chi connectivity index (χ2v) is 10.8. The van der Waals surface area contributed by atoms with Crippen molar-refractivity contribution in [3.63, 3.8) is 0 Å². The van der Waals surface area contributed by atoms with E-state index >= 15 is 0 Å². The smallest absolute Gasteiger partial charge is 0.0849 e. The highest BCUT2D eigenvalue weighted by atomic mass is 16.3. The van der Waals surface area contributed by atoms with E-state index in [-0.39, 0.29) is 11.8 Å². The minimum absolute atomic E-state index is 0.0647. The van der Waals surface area contributed by atoms with Gasteiger partial charge in [-0.1, -0.05) is 43.7 Å². The molecule has 0 heterocycles. The second-order valence-electron chi connectivity index (χ2n) is 10.8. The normalized spacial score (nSPS) is 43.0. The van der Waals surface area contributed by atoms with Crippen molar-refractivity contribution < 1.29 is 19.4 Å². The Kier molecular flexibility index (Phi) is 6.13. The highest BCUT2D eigenvalue weighted by Gasteiger charge is 2.50. The summed E-state index contributed by atoms with van der Waals surface area (Å²) in [6.45, 7) is 12.0. The Balaban J connectivity index is 1.78. The second kappa shape index (κ2) is 9.30. The van der Waals surface area contributed by atoms with Crippen LogP contribution in [-0.2, 0) is 0 Å². The zero-order valence-corrected chi connectivity index (χ0v) is 19.4. The van der Waals surface area contributed by atoms with Gasteiger partial charge in [-0.25, -0.2) is 0 Å². The maximum atomic E-state index is 10.3. The van der Waals surface area contributed by atoms with Crippen LogP contribution >= 0.6 is 0 Å². The number of rotatable bonds is 6. The highest BCUT2D eigenvalue weighted by molar-refractivity contribution is 5.36. The maximum Gasteiger partial charge on any atom is 0.0849 e. The van der Waals surface area contributed by atoms with Crippen molar-refractivity contribution >= 4 is 0 Å². The van der Waals surface area contributed by atoms with E-state index in [0.717, 1.165) is 32.1 Å². The Bertz CT molecular complexity index is 808. The Morgan fingerprint density at radius 3 is 2.70 bits per heavy atom. The summed E-state index contributed by atoms with van der Waals surface area (Å²) in [5.41, 5.74) is 1.49. The van der Waals surface area contributed by atoms with E-state index < -0.39 is 24.2 Å². The van der Waals surface area contributed by atoms with Gasteiger partial charge < -0.3 is 15.3 Å². The van der Waals surface area contributed by atoms with Crippen molar-refractivity contribution in [3.8, 4) is 0 Å². The number of aliphatic hydroxyl groups excluding tert-OH is 1. The number of fused-ring (bicyclic) bond motifs is 1. The largest absolute Gasteiger partial charge is 0.393 e. The van der Waals surface area contributed by atoms with Gasteiger partial charge in [0.2, 0.25) is 0 Å². The van der Waals surface area contributed by atoms with Gasteiger partial charge in [-0.15, -0.1) is 0 Å². The molecule has 3 fully saturated rings. The van der Waals surface area contributed by atoms with Gasteiger partial charge in [0.1, 0.15) is 0 Å². The summed E-state index contributed by atoms with van der Waals surface area (Å²) in [5.74, 6) is 1.47. The fourth-order valence-electron chi connectivity index (χ4n) is 6.25. The fourth-order valence-corrected chi connectivity index (χ4v) is 6.25. The molecular formula is C27H44O3. The molecule has 0 aliphatic heterocycles.